The van der Waals surface area contributed by atoms with Gasteiger partial charge < -0.3 is 14.9 Å². The van der Waals surface area contributed by atoms with Gasteiger partial charge in [0.15, 0.2) is 11.8 Å². The van der Waals surface area contributed by atoms with Crippen LogP contribution in [-0.2, 0) is 17.9 Å². The maximum absolute atomic E-state index is 13.5. The van der Waals surface area contributed by atoms with Gasteiger partial charge in [-0.05, 0) is 43.7 Å². The molecule has 2 heterocycles. The number of amides is 1. The number of nitrogens with two attached hydrogens (primary N) is 1. The van der Waals surface area contributed by atoms with Gasteiger partial charge in [0.25, 0.3) is 11.5 Å². The lowest BCUT2D eigenvalue weighted by Crippen LogP contribution is -2.45. The number of ether oxygens (including phenoxy) is 1. The van der Waals surface area contributed by atoms with Crippen LogP contribution in [0.4, 0.5) is 11.5 Å². The molecule has 1 unspecified atom stereocenters. The fourth-order valence-electron chi connectivity index (χ4n) is 3.23. The molecule has 0 aliphatic rings. The Morgan fingerprint density at radius 1 is 1.30 bits per heavy atom. The van der Waals surface area contributed by atoms with Gasteiger partial charge in [0.1, 0.15) is 17.3 Å². The minimum atomic E-state index is -1.06. The van der Waals surface area contributed by atoms with E-state index in [1.807, 2.05) is 6.92 Å². The normalized spacial score (nSPS) is 11.9. The molecule has 176 valence electrons. The van der Waals surface area contributed by atoms with Crippen LogP contribution < -0.4 is 26.6 Å². The highest BCUT2D eigenvalue weighted by Crippen LogP contribution is 2.29. The number of nitrogens with one attached hydrogen (secondary N) is 1. The molecule has 0 aliphatic carbocycles. The molecule has 33 heavy (non-hydrogen) atoms. The lowest BCUT2D eigenvalue weighted by molar-refractivity contribution is -0.124. The second-order valence-corrected chi connectivity index (χ2v) is 8.18. The van der Waals surface area contributed by atoms with Crippen LogP contribution in [0.25, 0.3) is 0 Å². The summed E-state index contributed by atoms with van der Waals surface area (Å²) in [6, 6.07) is 7.91. The molecule has 0 bridgehead atoms. The molecule has 0 saturated carbocycles. The van der Waals surface area contributed by atoms with Gasteiger partial charge in [0.05, 0.1) is 17.8 Å². The molecule has 0 spiro atoms. The maximum atomic E-state index is 13.5. The van der Waals surface area contributed by atoms with Gasteiger partial charge in [-0.3, -0.25) is 24.0 Å². The van der Waals surface area contributed by atoms with E-state index in [4.69, 9.17) is 38.1 Å². The first kappa shape index (κ1) is 24.5. The Balaban J connectivity index is 2.02. The average Bonchev–Trinajstić information content (AvgIpc) is 3.27. The summed E-state index contributed by atoms with van der Waals surface area (Å²) in [5.74, 6) is -0.0519. The highest BCUT2D eigenvalue weighted by atomic mass is 35.5. The molecule has 0 radical (unpaired) electrons. The van der Waals surface area contributed by atoms with Crippen LogP contribution in [0.15, 0.2) is 50.6 Å². The molecule has 11 heteroatoms. The summed E-state index contributed by atoms with van der Waals surface area (Å²) < 4.78 is 12.4. The molecule has 0 fully saturated rings. The first-order valence-corrected chi connectivity index (χ1v) is 11.1. The lowest BCUT2D eigenvalue weighted by Gasteiger charge is -2.26. The molecular formula is C22H24Cl2N4O5. The Bertz CT molecular complexity index is 1240. The predicted molar refractivity (Wildman–Crippen MR) is 127 cm³/mol. The van der Waals surface area contributed by atoms with Crippen LogP contribution in [0.3, 0.4) is 0 Å². The molecule has 3 rings (SSSR count). The van der Waals surface area contributed by atoms with Gasteiger partial charge >= 0.3 is 5.69 Å². The Morgan fingerprint density at radius 2 is 2.06 bits per heavy atom. The van der Waals surface area contributed by atoms with Crippen LogP contribution >= 0.6 is 23.2 Å². The van der Waals surface area contributed by atoms with Crippen molar-refractivity contribution in [3.63, 3.8) is 0 Å². The van der Waals surface area contributed by atoms with Gasteiger partial charge in [-0.1, -0.05) is 36.5 Å². The third-order valence-electron chi connectivity index (χ3n) is 4.92. The number of H-pyrrole nitrogens is 1. The monoisotopic (exact) mass is 494 g/mol. The molecular weight excluding hydrogens is 471 g/mol. The Hall–Kier alpha value is -3.17. The van der Waals surface area contributed by atoms with E-state index in [-0.39, 0.29) is 28.8 Å². The molecule has 0 saturated heterocycles. The number of rotatable bonds is 9. The molecule has 1 atom stereocenters. The number of unbranched alkanes of at least 4 members (excludes halogenated alkanes) is 1. The van der Waals surface area contributed by atoms with E-state index in [0.29, 0.717) is 23.7 Å². The van der Waals surface area contributed by atoms with Crippen LogP contribution in [0.2, 0.25) is 10.0 Å². The van der Waals surface area contributed by atoms with Crippen molar-refractivity contribution in [1.29, 1.82) is 0 Å². The molecule has 3 N–H and O–H groups in total. The fourth-order valence-corrected chi connectivity index (χ4v) is 3.69. The Labute approximate surface area is 199 Å². The van der Waals surface area contributed by atoms with Gasteiger partial charge in [-0.15, -0.1) is 0 Å². The second-order valence-electron chi connectivity index (χ2n) is 7.34. The summed E-state index contributed by atoms with van der Waals surface area (Å²) >= 11 is 12.1. The zero-order valence-corrected chi connectivity index (χ0v) is 19.7. The van der Waals surface area contributed by atoms with Gasteiger partial charge in [-0.2, -0.15) is 0 Å². The van der Waals surface area contributed by atoms with Crippen molar-refractivity contribution in [3.8, 4) is 5.75 Å². The largest absolute Gasteiger partial charge is 0.479 e. The summed E-state index contributed by atoms with van der Waals surface area (Å²) in [6.45, 7) is 3.66. The lowest BCUT2D eigenvalue weighted by atomic mass is 10.2. The summed E-state index contributed by atoms with van der Waals surface area (Å²) in [5.41, 5.74) is 4.64. The zero-order chi connectivity index (χ0) is 24.1. The number of aromatic nitrogens is 2. The highest BCUT2D eigenvalue weighted by molar-refractivity contribution is 6.35. The van der Waals surface area contributed by atoms with Crippen molar-refractivity contribution in [1.82, 2.24) is 9.55 Å². The van der Waals surface area contributed by atoms with Crippen molar-refractivity contribution in [3.05, 3.63) is 73.2 Å². The summed E-state index contributed by atoms with van der Waals surface area (Å²) in [6.07, 6.45) is 1.85. The van der Waals surface area contributed by atoms with E-state index >= 15 is 0 Å². The number of anilines is 2. The molecule has 3 aromatic rings. The van der Waals surface area contributed by atoms with Gasteiger partial charge in [0, 0.05) is 11.6 Å². The van der Waals surface area contributed by atoms with Crippen molar-refractivity contribution in [2.45, 2.75) is 45.9 Å². The molecule has 2 aromatic heterocycles. The van der Waals surface area contributed by atoms with Crippen molar-refractivity contribution >= 4 is 40.6 Å². The van der Waals surface area contributed by atoms with Gasteiger partial charge in [-0.25, -0.2) is 4.79 Å². The number of hydrogen-bond acceptors (Lipinski definition) is 6. The summed E-state index contributed by atoms with van der Waals surface area (Å²) in [4.78, 5) is 42.0. The van der Waals surface area contributed by atoms with Crippen molar-refractivity contribution in [2.24, 2.45) is 0 Å². The van der Waals surface area contributed by atoms with Crippen LogP contribution in [-0.4, -0.2) is 21.6 Å². The minimum Gasteiger partial charge on any atom is -0.479 e. The zero-order valence-electron chi connectivity index (χ0n) is 18.1. The predicted octanol–water partition coefficient (Wildman–Crippen LogP) is 3.82. The third kappa shape index (κ3) is 5.61. The molecule has 1 amide bonds. The molecule has 0 aliphatic heterocycles. The number of hydrogen-bond donors (Lipinski definition) is 2. The van der Waals surface area contributed by atoms with Gasteiger partial charge in [0.2, 0.25) is 0 Å². The first-order chi connectivity index (χ1) is 15.7. The second kappa shape index (κ2) is 10.6. The van der Waals surface area contributed by atoms with Crippen LogP contribution in [0.5, 0.6) is 5.75 Å². The third-order valence-corrected chi connectivity index (χ3v) is 5.46. The van der Waals surface area contributed by atoms with E-state index in [2.05, 4.69) is 4.98 Å². The van der Waals surface area contributed by atoms with E-state index in [9.17, 15) is 14.4 Å². The standard InChI is InChI=1S/C22H24Cl2N4O5/c1-3-4-9-27-19(25)18(20(29)26-22(27)31)28(12-15-6-5-10-32-15)21(30)13(2)33-17-8-7-14(23)11-16(17)24/h5-8,10-11,13H,3-4,9,12,25H2,1-2H3,(H,26,29,31). The molecule has 9 nitrogen and oxygen atoms in total. The highest BCUT2D eigenvalue weighted by Gasteiger charge is 2.30. The van der Waals surface area contributed by atoms with E-state index in [0.717, 1.165) is 11.3 Å². The quantitative estimate of drug-likeness (QED) is 0.465. The Kier molecular flexibility index (Phi) is 7.88. The topological polar surface area (TPSA) is 124 Å². The number of carbonyl (C=O) groups is 1. The van der Waals surface area contributed by atoms with Crippen LogP contribution in [0, 0.1) is 0 Å². The fraction of sp³-hybridized carbons (Fsp3) is 0.318. The van der Waals surface area contributed by atoms with Crippen LogP contribution in [0.1, 0.15) is 32.4 Å². The summed E-state index contributed by atoms with van der Waals surface area (Å²) in [7, 11) is 0. The number of nitrogens with zero attached hydrogens (tertiary/aromatic N) is 2. The SMILES string of the molecule is CCCCn1c(N)c(N(Cc2ccco2)C(=O)C(C)Oc2ccc(Cl)cc2Cl)c(=O)[nH]c1=O. The molecule has 1 aromatic carbocycles. The van der Waals surface area contributed by atoms with E-state index in [1.54, 1.807) is 18.2 Å². The smallest absolute Gasteiger partial charge is 0.330 e. The van der Waals surface area contributed by atoms with Crippen molar-refractivity contribution < 1.29 is 13.9 Å². The first-order valence-electron chi connectivity index (χ1n) is 10.3. The minimum absolute atomic E-state index is 0.104. The van der Waals surface area contributed by atoms with E-state index in [1.165, 1.54) is 29.9 Å². The average molecular weight is 495 g/mol. The van der Waals surface area contributed by atoms with E-state index < -0.39 is 23.3 Å². The maximum Gasteiger partial charge on any atom is 0.330 e. The number of aromatic amines is 1. The summed E-state index contributed by atoms with van der Waals surface area (Å²) in [5, 5.41) is 0.643. The number of carbonyl (C=O) groups excluding carboxylic acids is 1. The van der Waals surface area contributed by atoms with Crippen molar-refractivity contribution in [2.75, 3.05) is 10.6 Å². The number of halogens is 2. The Morgan fingerprint density at radius 3 is 2.70 bits per heavy atom. The number of nitrogen functional groups attached to an aromatic ring is 1. The number of furan rings is 1. The number of benzene rings is 1.